The molecule has 0 aromatic carbocycles. The van der Waals surface area contributed by atoms with E-state index in [1.807, 2.05) is 0 Å². The van der Waals surface area contributed by atoms with E-state index in [4.69, 9.17) is 0 Å². The second-order valence-electron chi connectivity index (χ2n) is 5.35. The van der Waals surface area contributed by atoms with Gasteiger partial charge in [0.25, 0.3) is 0 Å². The number of hydrogen-bond acceptors (Lipinski definition) is 4. The highest BCUT2D eigenvalue weighted by Gasteiger charge is 2.41. The van der Waals surface area contributed by atoms with Crippen LogP contribution in [-0.2, 0) is 10.0 Å². The van der Waals surface area contributed by atoms with Gasteiger partial charge in [0.05, 0.1) is 23.2 Å². The van der Waals surface area contributed by atoms with E-state index in [-0.39, 0.29) is 11.3 Å². The molecule has 5 nitrogen and oxygen atoms in total. The molecule has 2 heterocycles. The van der Waals surface area contributed by atoms with Crippen LogP contribution in [0.25, 0.3) is 0 Å². The van der Waals surface area contributed by atoms with Crippen LogP contribution in [0.4, 0.5) is 0 Å². The highest BCUT2D eigenvalue weighted by molar-refractivity contribution is 7.89. The summed E-state index contributed by atoms with van der Waals surface area (Å²) in [5.41, 5.74) is 0.779. The van der Waals surface area contributed by atoms with Crippen molar-refractivity contribution in [3.8, 4) is 0 Å². The van der Waals surface area contributed by atoms with Gasteiger partial charge >= 0.3 is 0 Å². The van der Waals surface area contributed by atoms with Gasteiger partial charge in [-0.15, -0.1) is 0 Å². The highest BCUT2D eigenvalue weighted by Crippen LogP contribution is 2.37. The van der Waals surface area contributed by atoms with Gasteiger partial charge < -0.3 is 0 Å². The molecule has 104 valence electrons. The maximum atomic E-state index is 12.7. The quantitative estimate of drug-likeness (QED) is 0.848. The Morgan fingerprint density at radius 1 is 1.11 bits per heavy atom. The fraction of sp³-hybridized carbons (Fsp3) is 0.692. The van der Waals surface area contributed by atoms with Crippen LogP contribution in [0.3, 0.4) is 0 Å². The van der Waals surface area contributed by atoms with E-state index in [0.717, 1.165) is 44.2 Å². The Bertz CT molecular complexity index is 526. The van der Waals surface area contributed by atoms with Crippen LogP contribution >= 0.6 is 0 Å². The van der Waals surface area contributed by atoms with Crippen LogP contribution in [0.5, 0.6) is 0 Å². The SMILES string of the molecule is O=S(=O)(C1CCCC1)N1CCCC1c1cnccn1. The maximum Gasteiger partial charge on any atom is 0.217 e. The lowest BCUT2D eigenvalue weighted by Gasteiger charge is -2.26. The van der Waals surface area contributed by atoms with E-state index in [1.54, 1.807) is 22.9 Å². The first-order chi connectivity index (χ1) is 9.19. The third-order valence-corrected chi connectivity index (χ3v) is 6.58. The second kappa shape index (κ2) is 5.17. The van der Waals surface area contributed by atoms with Crippen molar-refractivity contribution in [2.45, 2.75) is 49.8 Å². The molecule has 3 rings (SSSR count). The molecule has 1 aromatic heterocycles. The van der Waals surface area contributed by atoms with Crippen LogP contribution in [0.2, 0.25) is 0 Å². The van der Waals surface area contributed by atoms with Gasteiger partial charge in [-0.05, 0) is 25.7 Å². The second-order valence-corrected chi connectivity index (χ2v) is 7.52. The Kier molecular flexibility index (Phi) is 3.54. The summed E-state index contributed by atoms with van der Waals surface area (Å²) < 4.78 is 27.1. The van der Waals surface area contributed by atoms with Gasteiger partial charge in [0.2, 0.25) is 10.0 Å². The number of hydrogen-bond donors (Lipinski definition) is 0. The molecule has 0 spiro atoms. The number of sulfonamides is 1. The highest BCUT2D eigenvalue weighted by atomic mass is 32.2. The third-order valence-electron chi connectivity index (χ3n) is 4.18. The first-order valence-corrected chi connectivity index (χ1v) is 8.46. The van der Waals surface area contributed by atoms with Crippen molar-refractivity contribution in [1.82, 2.24) is 14.3 Å². The van der Waals surface area contributed by atoms with Gasteiger partial charge in [0.15, 0.2) is 0 Å². The predicted octanol–water partition coefficient (Wildman–Crippen LogP) is 1.89. The number of rotatable bonds is 3. The van der Waals surface area contributed by atoms with Crippen LogP contribution in [-0.4, -0.2) is 34.5 Å². The fourth-order valence-corrected chi connectivity index (χ4v) is 5.46. The molecule has 1 aliphatic heterocycles. The molecule has 1 aromatic rings. The Labute approximate surface area is 114 Å². The monoisotopic (exact) mass is 281 g/mol. The van der Waals surface area contributed by atoms with E-state index < -0.39 is 10.0 Å². The third kappa shape index (κ3) is 2.39. The Morgan fingerprint density at radius 2 is 1.89 bits per heavy atom. The van der Waals surface area contributed by atoms with Crippen LogP contribution in [0, 0.1) is 0 Å². The molecule has 2 aliphatic rings. The van der Waals surface area contributed by atoms with Crippen molar-refractivity contribution in [2.24, 2.45) is 0 Å². The Balaban J connectivity index is 1.87. The molecule has 1 saturated carbocycles. The van der Waals surface area contributed by atoms with Crippen molar-refractivity contribution in [2.75, 3.05) is 6.54 Å². The first kappa shape index (κ1) is 13.0. The zero-order valence-electron chi connectivity index (χ0n) is 10.9. The lowest BCUT2D eigenvalue weighted by molar-refractivity contribution is 0.382. The molecule has 1 saturated heterocycles. The minimum atomic E-state index is -3.17. The van der Waals surface area contributed by atoms with E-state index in [0.29, 0.717) is 6.54 Å². The van der Waals surface area contributed by atoms with Crippen molar-refractivity contribution in [3.05, 3.63) is 24.3 Å². The van der Waals surface area contributed by atoms with Crippen molar-refractivity contribution < 1.29 is 8.42 Å². The molecule has 6 heteroatoms. The summed E-state index contributed by atoms with van der Waals surface area (Å²) in [4.78, 5) is 8.34. The van der Waals surface area contributed by atoms with Crippen molar-refractivity contribution in [3.63, 3.8) is 0 Å². The molecular formula is C13H19N3O2S. The van der Waals surface area contributed by atoms with Gasteiger partial charge in [-0.25, -0.2) is 8.42 Å². The van der Waals surface area contributed by atoms with Gasteiger partial charge in [0, 0.05) is 18.9 Å². The molecule has 1 atom stereocenters. The zero-order chi connectivity index (χ0) is 13.3. The molecule has 0 amide bonds. The summed E-state index contributed by atoms with van der Waals surface area (Å²) in [6.07, 6.45) is 10.4. The van der Waals surface area contributed by atoms with E-state index in [1.165, 1.54) is 0 Å². The molecule has 2 fully saturated rings. The molecule has 19 heavy (non-hydrogen) atoms. The van der Waals surface area contributed by atoms with E-state index >= 15 is 0 Å². The number of nitrogens with zero attached hydrogens (tertiary/aromatic N) is 3. The standard InChI is InChI=1S/C13H19N3O2S/c17-19(18,11-4-1-2-5-11)16-9-3-6-13(16)12-10-14-7-8-15-12/h7-8,10-11,13H,1-6,9H2. The summed E-state index contributed by atoms with van der Waals surface area (Å²) in [6.45, 7) is 0.625. The molecule has 0 radical (unpaired) electrons. The topological polar surface area (TPSA) is 63.2 Å². The van der Waals surface area contributed by atoms with Crippen LogP contribution < -0.4 is 0 Å². The Morgan fingerprint density at radius 3 is 2.58 bits per heavy atom. The van der Waals surface area contributed by atoms with Gasteiger partial charge in [-0.3, -0.25) is 9.97 Å². The fourth-order valence-electron chi connectivity index (χ4n) is 3.20. The molecule has 0 N–H and O–H groups in total. The smallest absolute Gasteiger partial charge is 0.217 e. The van der Waals surface area contributed by atoms with Gasteiger partial charge in [0.1, 0.15) is 0 Å². The molecule has 1 aliphatic carbocycles. The minimum absolute atomic E-state index is 0.112. The van der Waals surface area contributed by atoms with Crippen molar-refractivity contribution in [1.29, 1.82) is 0 Å². The summed E-state index contributed by atoms with van der Waals surface area (Å²) >= 11 is 0. The van der Waals surface area contributed by atoms with Gasteiger partial charge in [-0.2, -0.15) is 4.31 Å². The normalized spacial score (nSPS) is 26.0. The van der Waals surface area contributed by atoms with E-state index in [9.17, 15) is 8.42 Å². The maximum absolute atomic E-state index is 12.7. The first-order valence-electron chi connectivity index (χ1n) is 6.96. The predicted molar refractivity (Wildman–Crippen MR) is 71.9 cm³/mol. The summed E-state index contributed by atoms with van der Waals surface area (Å²) in [5.74, 6) is 0. The van der Waals surface area contributed by atoms with Crippen LogP contribution in [0.1, 0.15) is 50.3 Å². The van der Waals surface area contributed by atoms with Gasteiger partial charge in [-0.1, -0.05) is 12.8 Å². The number of aromatic nitrogens is 2. The largest absolute Gasteiger partial charge is 0.261 e. The van der Waals surface area contributed by atoms with Crippen molar-refractivity contribution >= 4 is 10.0 Å². The average molecular weight is 281 g/mol. The summed E-state index contributed by atoms with van der Waals surface area (Å²) in [6, 6.07) is -0.112. The zero-order valence-corrected chi connectivity index (χ0v) is 11.7. The lowest BCUT2D eigenvalue weighted by Crippen LogP contribution is -2.37. The Hall–Kier alpha value is -1.01. The minimum Gasteiger partial charge on any atom is -0.261 e. The summed E-state index contributed by atoms with van der Waals surface area (Å²) in [5, 5.41) is -0.176. The molecule has 1 unspecified atom stereocenters. The summed E-state index contributed by atoms with van der Waals surface area (Å²) in [7, 11) is -3.17. The molecular weight excluding hydrogens is 262 g/mol. The lowest BCUT2D eigenvalue weighted by atomic mass is 10.2. The average Bonchev–Trinajstić information content (AvgIpc) is 3.11. The molecule has 0 bridgehead atoms. The van der Waals surface area contributed by atoms with E-state index in [2.05, 4.69) is 9.97 Å². The van der Waals surface area contributed by atoms with Crippen LogP contribution in [0.15, 0.2) is 18.6 Å².